The van der Waals surface area contributed by atoms with Crippen LogP contribution in [0.25, 0.3) is 0 Å². The van der Waals surface area contributed by atoms with Gasteiger partial charge in [-0.15, -0.1) is 0 Å². The Morgan fingerprint density at radius 3 is 2.05 bits per heavy atom. The van der Waals surface area contributed by atoms with Gasteiger partial charge >= 0.3 is 6.09 Å². The van der Waals surface area contributed by atoms with Gasteiger partial charge < -0.3 is 9.47 Å². The number of carbonyl (C=O) groups excluding carboxylic acids is 1. The Kier molecular flexibility index (Phi) is 5.38. The maximum absolute atomic E-state index is 11.9. The third kappa shape index (κ3) is 5.08. The molecule has 0 aliphatic carbocycles. The number of rotatable bonds is 5. The predicted molar refractivity (Wildman–Crippen MR) is 74.1 cm³/mol. The summed E-state index contributed by atoms with van der Waals surface area (Å²) in [7, 11) is -3.93. The zero-order valence-electron chi connectivity index (χ0n) is 11.9. The minimum atomic E-state index is -3.93. The lowest BCUT2D eigenvalue weighted by Crippen LogP contribution is -2.32. The molecule has 7 heteroatoms. The Morgan fingerprint density at radius 2 is 1.60 bits per heavy atom. The fraction of sp³-hybridized carbons (Fsp3) is 0.462. The van der Waals surface area contributed by atoms with Crippen molar-refractivity contribution in [3.8, 4) is 5.75 Å². The first kappa shape index (κ1) is 16.3. The number of hydrogen-bond donors (Lipinski definition) is 1. The summed E-state index contributed by atoms with van der Waals surface area (Å²) in [6.07, 6.45) is -1.40. The van der Waals surface area contributed by atoms with Crippen molar-refractivity contribution in [1.29, 1.82) is 0 Å². The predicted octanol–water partition coefficient (Wildman–Crippen LogP) is 2.30. The second-order valence-corrected chi connectivity index (χ2v) is 6.38. The molecule has 0 aliphatic heterocycles. The van der Waals surface area contributed by atoms with Crippen LogP contribution in [-0.4, -0.2) is 26.7 Å². The second kappa shape index (κ2) is 6.60. The summed E-state index contributed by atoms with van der Waals surface area (Å²) in [6, 6.07) is 5.79. The minimum Gasteiger partial charge on any atom is -0.491 e. The van der Waals surface area contributed by atoms with E-state index in [1.54, 1.807) is 13.8 Å². The average molecular weight is 301 g/mol. The van der Waals surface area contributed by atoms with Crippen molar-refractivity contribution >= 4 is 16.1 Å². The Hall–Kier alpha value is -1.76. The largest absolute Gasteiger partial charge is 0.491 e. The van der Waals surface area contributed by atoms with E-state index in [1.165, 1.54) is 24.3 Å². The van der Waals surface area contributed by atoms with Crippen molar-refractivity contribution < 1.29 is 22.7 Å². The van der Waals surface area contributed by atoms with E-state index in [0.717, 1.165) is 0 Å². The highest BCUT2D eigenvalue weighted by atomic mass is 32.2. The van der Waals surface area contributed by atoms with E-state index in [4.69, 9.17) is 9.47 Å². The van der Waals surface area contributed by atoms with Gasteiger partial charge in [-0.1, -0.05) is 0 Å². The number of hydrogen-bond acceptors (Lipinski definition) is 5. The Bertz CT molecular complexity index is 549. The summed E-state index contributed by atoms with van der Waals surface area (Å²) < 4.78 is 35.8. The highest BCUT2D eigenvalue weighted by Crippen LogP contribution is 2.17. The van der Waals surface area contributed by atoms with Crippen molar-refractivity contribution in [2.75, 3.05) is 0 Å². The van der Waals surface area contributed by atoms with Crippen molar-refractivity contribution in [2.24, 2.45) is 0 Å². The van der Waals surface area contributed by atoms with E-state index in [9.17, 15) is 13.2 Å². The highest BCUT2D eigenvalue weighted by Gasteiger charge is 2.19. The number of ether oxygens (including phenoxy) is 2. The van der Waals surface area contributed by atoms with Gasteiger partial charge in [-0.25, -0.2) is 17.9 Å². The van der Waals surface area contributed by atoms with E-state index in [1.807, 2.05) is 18.6 Å². The van der Waals surface area contributed by atoms with Crippen LogP contribution in [0.4, 0.5) is 4.79 Å². The topological polar surface area (TPSA) is 81.7 Å². The molecule has 1 rings (SSSR count). The smallest absolute Gasteiger partial charge is 0.421 e. The molecule has 0 bridgehead atoms. The van der Waals surface area contributed by atoms with E-state index in [2.05, 4.69) is 0 Å². The molecule has 0 saturated heterocycles. The lowest BCUT2D eigenvalue weighted by atomic mass is 10.3. The summed E-state index contributed by atoms with van der Waals surface area (Å²) >= 11 is 0. The third-order valence-corrected chi connectivity index (χ3v) is 3.39. The lowest BCUT2D eigenvalue weighted by Gasteiger charge is -2.12. The molecule has 112 valence electrons. The van der Waals surface area contributed by atoms with Gasteiger partial charge in [-0.3, -0.25) is 0 Å². The van der Waals surface area contributed by atoms with Gasteiger partial charge in [0.2, 0.25) is 0 Å². The number of amides is 1. The molecule has 20 heavy (non-hydrogen) atoms. The molecule has 1 aromatic carbocycles. The van der Waals surface area contributed by atoms with Crippen LogP contribution >= 0.6 is 0 Å². The average Bonchev–Trinajstić information content (AvgIpc) is 2.26. The molecule has 0 fully saturated rings. The van der Waals surface area contributed by atoms with Crippen LogP contribution in [-0.2, 0) is 14.8 Å². The maximum atomic E-state index is 11.9. The van der Waals surface area contributed by atoms with Gasteiger partial charge in [0.15, 0.2) is 0 Å². The molecule has 0 heterocycles. The molecule has 6 nitrogen and oxygen atoms in total. The van der Waals surface area contributed by atoms with Crippen molar-refractivity contribution in [3.63, 3.8) is 0 Å². The summed E-state index contributed by atoms with van der Waals surface area (Å²) in [6.45, 7) is 7.00. The molecule has 0 unspecified atom stereocenters. The summed E-state index contributed by atoms with van der Waals surface area (Å²) in [5.41, 5.74) is 0. The SMILES string of the molecule is CC(C)OC(=O)NS(=O)(=O)c1ccc(OC(C)C)cc1. The van der Waals surface area contributed by atoms with Crippen molar-refractivity contribution in [3.05, 3.63) is 24.3 Å². The standard InChI is InChI=1S/C13H19NO5S/c1-9(2)18-11-5-7-12(8-6-11)20(16,17)14-13(15)19-10(3)4/h5-10H,1-4H3,(H,14,15). The van der Waals surface area contributed by atoms with Gasteiger partial charge in [-0.2, -0.15) is 0 Å². The normalized spacial score (nSPS) is 11.5. The molecule has 0 radical (unpaired) electrons. The molecular formula is C13H19NO5S. The first-order valence-corrected chi connectivity index (χ1v) is 7.69. The lowest BCUT2D eigenvalue weighted by molar-refractivity contribution is 0.121. The molecule has 1 N–H and O–H groups in total. The molecule has 0 aromatic heterocycles. The Balaban J connectivity index is 2.80. The van der Waals surface area contributed by atoms with E-state index in [0.29, 0.717) is 5.75 Å². The van der Waals surface area contributed by atoms with Gasteiger partial charge in [0.1, 0.15) is 5.75 Å². The van der Waals surface area contributed by atoms with Gasteiger partial charge in [0.25, 0.3) is 10.0 Å². The Morgan fingerprint density at radius 1 is 1.05 bits per heavy atom. The third-order valence-electron chi connectivity index (χ3n) is 2.07. The van der Waals surface area contributed by atoms with Crippen LogP contribution in [0.5, 0.6) is 5.75 Å². The first-order chi connectivity index (χ1) is 9.20. The van der Waals surface area contributed by atoms with Crippen molar-refractivity contribution in [2.45, 2.75) is 44.8 Å². The van der Waals surface area contributed by atoms with Gasteiger partial charge in [0.05, 0.1) is 17.1 Å². The van der Waals surface area contributed by atoms with Crippen LogP contribution < -0.4 is 9.46 Å². The minimum absolute atomic E-state index is 0.00315. The van der Waals surface area contributed by atoms with Crippen LogP contribution in [0.15, 0.2) is 29.2 Å². The molecule has 0 saturated carbocycles. The molecular weight excluding hydrogens is 282 g/mol. The fourth-order valence-corrected chi connectivity index (χ4v) is 2.26. The van der Waals surface area contributed by atoms with E-state index in [-0.39, 0.29) is 11.0 Å². The Labute approximate surface area is 119 Å². The number of carbonyl (C=O) groups is 1. The van der Waals surface area contributed by atoms with Crippen LogP contribution in [0.2, 0.25) is 0 Å². The monoisotopic (exact) mass is 301 g/mol. The molecule has 0 aliphatic rings. The van der Waals surface area contributed by atoms with E-state index < -0.39 is 22.2 Å². The van der Waals surface area contributed by atoms with Gasteiger partial charge in [0, 0.05) is 0 Å². The quantitative estimate of drug-likeness (QED) is 0.902. The van der Waals surface area contributed by atoms with Crippen LogP contribution in [0.3, 0.4) is 0 Å². The van der Waals surface area contributed by atoms with Crippen LogP contribution in [0, 0.1) is 0 Å². The second-order valence-electron chi connectivity index (χ2n) is 4.70. The fourth-order valence-electron chi connectivity index (χ4n) is 1.38. The van der Waals surface area contributed by atoms with E-state index >= 15 is 0 Å². The number of nitrogens with one attached hydrogen (secondary N) is 1. The number of benzene rings is 1. The molecule has 0 spiro atoms. The number of sulfonamides is 1. The molecule has 1 aromatic rings. The molecule has 0 atom stereocenters. The highest BCUT2D eigenvalue weighted by molar-refractivity contribution is 7.90. The summed E-state index contributed by atoms with van der Waals surface area (Å²) in [5.74, 6) is 0.559. The first-order valence-electron chi connectivity index (χ1n) is 6.21. The maximum Gasteiger partial charge on any atom is 0.421 e. The zero-order valence-corrected chi connectivity index (χ0v) is 12.7. The summed E-state index contributed by atoms with van der Waals surface area (Å²) in [4.78, 5) is 11.3. The zero-order chi connectivity index (χ0) is 15.3. The summed E-state index contributed by atoms with van der Waals surface area (Å²) in [5, 5.41) is 0. The van der Waals surface area contributed by atoms with Gasteiger partial charge in [-0.05, 0) is 52.0 Å². The molecule has 1 amide bonds. The van der Waals surface area contributed by atoms with Crippen LogP contribution in [0.1, 0.15) is 27.7 Å². The van der Waals surface area contributed by atoms with Crippen molar-refractivity contribution in [1.82, 2.24) is 4.72 Å².